The second-order valence-electron chi connectivity index (χ2n) is 7.80. The van der Waals surface area contributed by atoms with E-state index in [0.717, 1.165) is 0 Å². The molecule has 1 aromatic heterocycles. The molecule has 5 rings (SSSR count). The van der Waals surface area contributed by atoms with Crippen molar-refractivity contribution in [3.63, 3.8) is 0 Å². The topological polar surface area (TPSA) is 71.4 Å². The van der Waals surface area contributed by atoms with E-state index in [4.69, 9.17) is 0 Å². The van der Waals surface area contributed by atoms with Crippen molar-refractivity contribution in [1.82, 2.24) is 9.47 Å². The number of para-hydroxylation sites is 3. The van der Waals surface area contributed by atoms with Gasteiger partial charge in [0.05, 0.1) is 22.6 Å². The zero-order valence-corrected chi connectivity index (χ0v) is 18.3. The Morgan fingerprint density at radius 1 is 0.939 bits per heavy atom. The molecule has 0 saturated carbocycles. The molecule has 0 radical (unpaired) electrons. The van der Waals surface area contributed by atoms with Crippen molar-refractivity contribution < 1.29 is 14.0 Å². The number of anilines is 1. The molecule has 1 atom stereocenters. The van der Waals surface area contributed by atoms with Crippen LogP contribution in [0, 0.1) is 5.82 Å². The minimum absolute atomic E-state index is 0.0225. The summed E-state index contributed by atoms with van der Waals surface area (Å²) in [5, 5.41) is 3.67. The van der Waals surface area contributed by atoms with Crippen molar-refractivity contribution in [2.75, 3.05) is 16.9 Å². The number of amides is 2. The highest BCUT2D eigenvalue weighted by Crippen LogP contribution is 2.25. The first-order valence-electron chi connectivity index (χ1n) is 10.5. The summed E-state index contributed by atoms with van der Waals surface area (Å²) in [5.74, 6) is -0.400. The lowest BCUT2D eigenvalue weighted by Gasteiger charge is -2.24. The number of hydrogen-bond acceptors (Lipinski definition) is 4. The second kappa shape index (κ2) is 8.71. The molecule has 1 aliphatic heterocycles. The number of fused-ring (bicyclic) bond motifs is 2. The van der Waals surface area contributed by atoms with Crippen molar-refractivity contribution in [3.05, 3.63) is 88.8 Å². The smallest absolute Gasteiger partial charge is 0.248 e. The van der Waals surface area contributed by atoms with Gasteiger partial charge in [0, 0.05) is 16.5 Å². The molecule has 2 heterocycles. The van der Waals surface area contributed by atoms with Crippen LogP contribution >= 0.6 is 11.8 Å². The number of aromatic nitrogens is 1. The fourth-order valence-corrected chi connectivity index (χ4v) is 5.34. The molecule has 8 heteroatoms. The largest absolute Gasteiger partial charge is 0.331 e. The third-order valence-corrected chi connectivity index (χ3v) is 6.82. The van der Waals surface area contributed by atoms with E-state index in [2.05, 4.69) is 5.32 Å². The monoisotopic (exact) mass is 461 g/mol. The number of nitrogens with zero attached hydrogens (tertiary/aromatic N) is 2. The average Bonchev–Trinajstić information content (AvgIpc) is 3.33. The van der Waals surface area contributed by atoms with Gasteiger partial charge in [0.25, 0.3) is 0 Å². The van der Waals surface area contributed by atoms with E-state index in [-0.39, 0.29) is 23.6 Å². The predicted molar refractivity (Wildman–Crippen MR) is 129 cm³/mol. The van der Waals surface area contributed by atoms with E-state index in [1.165, 1.54) is 28.8 Å². The van der Waals surface area contributed by atoms with Gasteiger partial charge >= 0.3 is 0 Å². The number of pyridine rings is 1. The van der Waals surface area contributed by atoms with Crippen LogP contribution in [-0.2, 0) is 16.1 Å². The van der Waals surface area contributed by atoms with E-state index in [9.17, 15) is 18.8 Å². The number of halogens is 1. The van der Waals surface area contributed by atoms with E-state index < -0.39 is 17.8 Å². The van der Waals surface area contributed by atoms with Gasteiger partial charge in [-0.25, -0.2) is 4.39 Å². The van der Waals surface area contributed by atoms with Crippen LogP contribution in [0.25, 0.3) is 21.8 Å². The second-order valence-corrected chi connectivity index (χ2v) is 8.80. The third-order valence-electron chi connectivity index (χ3n) is 5.81. The molecule has 0 bridgehead atoms. The number of carbonyl (C=O) groups is 2. The first kappa shape index (κ1) is 21.2. The minimum Gasteiger partial charge on any atom is -0.331 e. The number of benzene rings is 3. The molecule has 3 aromatic carbocycles. The summed E-state index contributed by atoms with van der Waals surface area (Å²) in [5.41, 5.74) is 1.33. The number of carbonyl (C=O) groups excluding carboxylic acids is 2. The average molecular weight is 462 g/mol. The summed E-state index contributed by atoms with van der Waals surface area (Å²) in [4.78, 5) is 40.7. The van der Waals surface area contributed by atoms with Crippen LogP contribution in [0.1, 0.15) is 0 Å². The molecule has 1 N–H and O–H groups in total. The van der Waals surface area contributed by atoms with Crippen LogP contribution < -0.4 is 10.7 Å². The van der Waals surface area contributed by atoms with E-state index in [1.807, 2.05) is 28.8 Å². The van der Waals surface area contributed by atoms with Gasteiger partial charge in [-0.2, -0.15) is 0 Å². The van der Waals surface area contributed by atoms with Crippen molar-refractivity contribution in [2.24, 2.45) is 0 Å². The Kier molecular flexibility index (Phi) is 5.60. The SMILES string of the molecule is O=C(Nc1ccccc1F)C1CSCN1C(=O)Cn1c2ccccc2c(=O)c2ccccc21. The zero-order valence-electron chi connectivity index (χ0n) is 17.5. The Morgan fingerprint density at radius 3 is 2.21 bits per heavy atom. The Balaban J connectivity index is 1.47. The molecule has 33 heavy (non-hydrogen) atoms. The lowest BCUT2D eigenvalue weighted by molar-refractivity contribution is -0.136. The summed E-state index contributed by atoms with van der Waals surface area (Å²) in [6, 6.07) is 19.6. The van der Waals surface area contributed by atoms with Crippen molar-refractivity contribution in [2.45, 2.75) is 12.6 Å². The van der Waals surface area contributed by atoms with Gasteiger partial charge in [0.1, 0.15) is 18.4 Å². The molecule has 1 saturated heterocycles. The fourth-order valence-electron chi connectivity index (χ4n) is 4.16. The summed E-state index contributed by atoms with van der Waals surface area (Å²) < 4.78 is 15.8. The fraction of sp³-hybridized carbons (Fsp3) is 0.160. The molecule has 1 fully saturated rings. The molecule has 1 aliphatic rings. The van der Waals surface area contributed by atoms with Crippen LogP contribution in [0.4, 0.5) is 10.1 Å². The van der Waals surface area contributed by atoms with E-state index in [1.54, 1.807) is 36.4 Å². The maximum atomic E-state index is 14.0. The van der Waals surface area contributed by atoms with Gasteiger partial charge in [-0.15, -0.1) is 11.8 Å². The standard InChI is InChI=1S/C25H20FN3O3S/c26-18-9-3-4-10-19(18)27-25(32)22-14-33-15-29(22)23(30)13-28-20-11-5-1-7-16(20)24(31)17-8-2-6-12-21(17)28/h1-12,22H,13-15H2,(H,27,32). The van der Waals surface area contributed by atoms with Crippen molar-refractivity contribution >= 4 is 51.1 Å². The molecule has 6 nitrogen and oxygen atoms in total. The summed E-state index contributed by atoms with van der Waals surface area (Å²) in [7, 11) is 0. The molecule has 166 valence electrons. The summed E-state index contributed by atoms with van der Waals surface area (Å²) in [6.07, 6.45) is 0. The van der Waals surface area contributed by atoms with Gasteiger partial charge in [0.15, 0.2) is 5.43 Å². The normalized spacial score (nSPS) is 15.8. The van der Waals surface area contributed by atoms with Gasteiger partial charge in [-0.05, 0) is 36.4 Å². The Bertz CT molecular complexity index is 1390. The van der Waals surface area contributed by atoms with Crippen LogP contribution in [0.3, 0.4) is 0 Å². The van der Waals surface area contributed by atoms with Gasteiger partial charge in [0.2, 0.25) is 11.8 Å². The lowest BCUT2D eigenvalue weighted by atomic mass is 10.1. The third kappa shape index (κ3) is 3.87. The van der Waals surface area contributed by atoms with Crippen LogP contribution in [0.15, 0.2) is 77.6 Å². The summed E-state index contributed by atoms with van der Waals surface area (Å²) in [6.45, 7) is -0.0225. The highest BCUT2D eigenvalue weighted by Gasteiger charge is 2.35. The Hall–Kier alpha value is -3.65. The number of nitrogens with one attached hydrogen (secondary N) is 1. The molecular formula is C25H20FN3O3S. The Morgan fingerprint density at radius 2 is 1.55 bits per heavy atom. The van der Waals surface area contributed by atoms with Crippen molar-refractivity contribution in [1.29, 1.82) is 0 Å². The first-order valence-corrected chi connectivity index (χ1v) is 11.6. The number of thioether (sulfide) groups is 1. The molecule has 4 aromatic rings. The van der Waals surface area contributed by atoms with Crippen LogP contribution in [0.2, 0.25) is 0 Å². The number of hydrogen-bond donors (Lipinski definition) is 1. The molecule has 0 spiro atoms. The molecule has 2 amide bonds. The van der Waals surface area contributed by atoms with Crippen molar-refractivity contribution in [3.8, 4) is 0 Å². The maximum Gasteiger partial charge on any atom is 0.248 e. The first-order chi connectivity index (χ1) is 16.0. The molecule has 1 unspecified atom stereocenters. The summed E-state index contributed by atoms with van der Waals surface area (Å²) >= 11 is 1.47. The molecular weight excluding hydrogens is 441 g/mol. The van der Waals surface area contributed by atoms with E-state index >= 15 is 0 Å². The Labute approximate surface area is 193 Å². The molecule has 0 aliphatic carbocycles. The van der Waals surface area contributed by atoms with Gasteiger partial charge in [-0.1, -0.05) is 36.4 Å². The highest BCUT2D eigenvalue weighted by molar-refractivity contribution is 7.99. The van der Waals surface area contributed by atoms with Gasteiger partial charge in [-0.3, -0.25) is 14.4 Å². The predicted octanol–water partition coefficient (Wildman–Crippen LogP) is 3.83. The minimum atomic E-state index is -0.709. The zero-order chi connectivity index (χ0) is 22.9. The lowest BCUT2D eigenvalue weighted by Crippen LogP contribution is -2.45. The van der Waals surface area contributed by atoms with Crippen LogP contribution in [-0.4, -0.2) is 39.0 Å². The highest BCUT2D eigenvalue weighted by atomic mass is 32.2. The number of rotatable bonds is 4. The van der Waals surface area contributed by atoms with Crippen LogP contribution in [0.5, 0.6) is 0 Å². The maximum absolute atomic E-state index is 14.0. The van der Waals surface area contributed by atoms with E-state index in [0.29, 0.717) is 33.4 Å². The van der Waals surface area contributed by atoms with Gasteiger partial charge < -0.3 is 14.8 Å². The quantitative estimate of drug-likeness (QED) is 0.469.